The normalized spacial score (nSPS) is 10.5. The van der Waals surface area contributed by atoms with E-state index in [1.54, 1.807) is 6.07 Å². The van der Waals surface area contributed by atoms with Gasteiger partial charge in [0.2, 0.25) is 5.75 Å². The number of aromatic hydroxyl groups is 2. The lowest BCUT2D eigenvalue weighted by Gasteiger charge is -2.15. The maximum Gasteiger partial charge on any atom is 0.339 e. The number of Topliss-reactive ketones (excluding diaryl/α,β-unsaturated/α-hetero) is 1. The Morgan fingerprint density at radius 1 is 1.06 bits per heavy atom. The number of carboxylic acids is 1. The number of phenols is 2. The second-order valence-electron chi connectivity index (χ2n) is 6.69. The van der Waals surface area contributed by atoms with Gasteiger partial charge in [-0.2, -0.15) is 0 Å². The van der Waals surface area contributed by atoms with E-state index in [4.69, 9.17) is 14.6 Å². The van der Waals surface area contributed by atoms with Crippen molar-refractivity contribution in [2.45, 2.75) is 33.1 Å². The van der Waals surface area contributed by atoms with Crippen LogP contribution >= 0.6 is 0 Å². The van der Waals surface area contributed by atoms with Crippen LogP contribution < -0.4 is 9.47 Å². The molecule has 0 aliphatic carbocycles. The van der Waals surface area contributed by atoms with Gasteiger partial charge in [0, 0.05) is 24.1 Å². The summed E-state index contributed by atoms with van der Waals surface area (Å²) >= 11 is 0. The lowest BCUT2D eigenvalue weighted by molar-refractivity contribution is -0.385. The van der Waals surface area contributed by atoms with Gasteiger partial charge in [0.15, 0.2) is 5.78 Å². The summed E-state index contributed by atoms with van der Waals surface area (Å²) in [5.74, 6) is -2.33. The first-order valence-corrected chi connectivity index (χ1v) is 9.53. The molecule has 0 saturated carbocycles. The molecule has 2 aromatic carbocycles. The standard InChI is InChI=1S/C21H23NO9/c1-3-5-14-18(7-6-13(12(2)23)20(14)25)30-8-4-9-31-19-11-17(24)15(21(26)27)10-16(19)22(28)29/h6-7,10-11,24-25H,3-5,8-9H2,1-2H3,(H,26,27). The molecule has 0 bridgehead atoms. The van der Waals surface area contributed by atoms with Crippen molar-refractivity contribution in [3.05, 3.63) is 51.1 Å². The number of benzene rings is 2. The van der Waals surface area contributed by atoms with Crippen LogP contribution in [0.25, 0.3) is 0 Å². The number of carboxylic acid groups (broad SMARTS) is 1. The summed E-state index contributed by atoms with van der Waals surface area (Å²) in [6.45, 7) is 3.44. The molecule has 0 aliphatic heterocycles. The number of phenolic OH excluding ortho intramolecular Hbond substituents is 1. The summed E-state index contributed by atoms with van der Waals surface area (Å²) in [6, 6.07) is 4.72. The Kier molecular flexibility index (Phi) is 7.78. The van der Waals surface area contributed by atoms with Gasteiger partial charge in [-0.25, -0.2) is 4.79 Å². The van der Waals surface area contributed by atoms with Gasteiger partial charge in [-0.1, -0.05) is 13.3 Å². The molecule has 0 radical (unpaired) electrons. The molecule has 0 amide bonds. The van der Waals surface area contributed by atoms with E-state index in [2.05, 4.69) is 0 Å². The van der Waals surface area contributed by atoms with Gasteiger partial charge >= 0.3 is 11.7 Å². The summed E-state index contributed by atoms with van der Waals surface area (Å²) in [5.41, 5.74) is -0.428. The molecule has 10 heteroatoms. The zero-order chi connectivity index (χ0) is 23.1. The van der Waals surface area contributed by atoms with Crippen molar-refractivity contribution in [1.29, 1.82) is 0 Å². The van der Waals surface area contributed by atoms with E-state index in [0.29, 0.717) is 24.2 Å². The number of carbonyl (C=O) groups excluding carboxylic acids is 1. The summed E-state index contributed by atoms with van der Waals surface area (Å²) in [7, 11) is 0. The van der Waals surface area contributed by atoms with Crippen LogP contribution in [0.5, 0.6) is 23.0 Å². The van der Waals surface area contributed by atoms with E-state index in [-0.39, 0.29) is 36.1 Å². The average molecular weight is 433 g/mol. The predicted molar refractivity (Wildman–Crippen MR) is 109 cm³/mol. The highest BCUT2D eigenvalue weighted by molar-refractivity contribution is 5.97. The molecule has 0 aromatic heterocycles. The molecule has 0 fully saturated rings. The predicted octanol–water partition coefficient (Wildman–Crippen LogP) is 3.71. The topological polar surface area (TPSA) is 156 Å². The Morgan fingerprint density at radius 3 is 2.26 bits per heavy atom. The largest absolute Gasteiger partial charge is 0.507 e. The summed E-state index contributed by atoms with van der Waals surface area (Å²) in [6.07, 6.45) is 1.55. The van der Waals surface area contributed by atoms with Crippen LogP contribution in [0, 0.1) is 10.1 Å². The van der Waals surface area contributed by atoms with Crippen molar-refractivity contribution >= 4 is 17.4 Å². The highest BCUT2D eigenvalue weighted by Crippen LogP contribution is 2.35. The number of nitro groups is 1. The Labute approximate surface area is 177 Å². The SMILES string of the molecule is CCCc1c(OCCCOc2cc(O)c(C(=O)O)cc2[N+](=O)[O-])ccc(C(C)=O)c1O. The number of ether oxygens (including phenoxy) is 2. The van der Waals surface area contributed by atoms with Gasteiger partial charge in [0.25, 0.3) is 0 Å². The van der Waals surface area contributed by atoms with E-state index in [1.165, 1.54) is 13.0 Å². The van der Waals surface area contributed by atoms with Gasteiger partial charge in [-0.05, 0) is 25.5 Å². The zero-order valence-electron chi connectivity index (χ0n) is 17.1. The number of nitrogens with zero attached hydrogens (tertiary/aromatic N) is 1. The molecular formula is C21H23NO9. The molecule has 2 rings (SSSR count). The molecule has 0 saturated heterocycles. The number of rotatable bonds is 11. The lowest BCUT2D eigenvalue weighted by Crippen LogP contribution is -2.08. The molecule has 3 N–H and O–H groups in total. The number of ketones is 1. The zero-order valence-corrected chi connectivity index (χ0v) is 17.1. The molecule has 0 heterocycles. The number of carbonyl (C=O) groups is 2. The van der Waals surface area contributed by atoms with Crippen molar-refractivity contribution in [2.24, 2.45) is 0 Å². The van der Waals surface area contributed by atoms with Crippen LogP contribution in [-0.4, -0.2) is 45.2 Å². The van der Waals surface area contributed by atoms with Crippen LogP contribution in [-0.2, 0) is 6.42 Å². The third kappa shape index (κ3) is 5.62. The maximum absolute atomic E-state index is 11.6. The van der Waals surface area contributed by atoms with Crippen LogP contribution in [0.15, 0.2) is 24.3 Å². The fraction of sp³-hybridized carbons (Fsp3) is 0.333. The van der Waals surface area contributed by atoms with Crippen LogP contribution in [0.4, 0.5) is 5.69 Å². The fourth-order valence-electron chi connectivity index (χ4n) is 2.94. The van der Waals surface area contributed by atoms with Crippen molar-refractivity contribution in [2.75, 3.05) is 13.2 Å². The van der Waals surface area contributed by atoms with Crippen LogP contribution in [0.1, 0.15) is 53.0 Å². The average Bonchev–Trinajstić information content (AvgIpc) is 2.69. The first kappa shape index (κ1) is 23.5. The van der Waals surface area contributed by atoms with Gasteiger partial charge in [-0.3, -0.25) is 14.9 Å². The molecule has 166 valence electrons. The lowest BCUT2D eigenvalue weighted by atomic mass is 10.0. The van der Waals surface area contributed by atoms with Gasteiger partial charge in [-0.15, -0.1) is 0 Å². The molecular weight excluding hydrogens is 410 g/mol. The number of nitro benzene ring substituents is 1. The van der Waals surface area contributed by atoms with E-state index in [1.807, 2.05) is 6.92 Å². The van der Waals surface area contributed by atoms with Gasteiger partial charge in [0.05, 0.1) is 23.7 Å². The monoisotopic (exact) mass is 433 g/mol. The third-order valence-corrected chi connectivity index (χ3v) is 4.43. The molecule has 0 atom stereocenters. The van der Waals surface area contributed by atoms with E-state index < -0.39 is 27.9 Å². The number of hydrogen-bond donors (Lipinski definition) is 3. The van der Waals surface area contributed by atoms with Crippen molar-refractivity contribution in [3.8, 4) is 23.0 Å². The first-order chi connectivity index (χ1) is 14.7. The number of hydrogen-bond acceptors (Lipinski definition) is 8. The van der Waals surface area contributed by atoms with E-state index in [9.17, 15) is 29.9 Å². The summed E-state index contributed by atoms with van der Waals surface area (Å²) in [5, 5.41) is 40.2. The summed E-state index contributed by atoms with van der Waals surface area (Å²) < 4.78 is 11.0. The number of aromatic carboxylic acids is 1. The van der Waals surface area contributed by atoms with Crippen molar-refractivity contribution < 1.29 is 39.3 Å². The van der Waals surface area contributed by atoms with Gasteiger partial charge in [0.1, 0.15) is 22.8 Å². The first-order valence-electron chi connectivity index (χ1n) is 9.53. The second kappa shape index (κ2) is 10.3. The molecule has 31 heavy (non-hydrogen) atoms. The van der Waals surface area contributed by atoms with E-state index >= 15 is 0 Å². The minimum atomic E-state index is -1.50. The Balaban J connectivity index is 2.04. The molecule has 10 nitrogen and oxygen atoms in total. The van der Waals surface area contributed by atoms with Crippen molar-refractivity contribution in [1.82, 2.24) is 0 Å². The smallest absolute Gasteiger partial charge is 0.339 e. The van der Waals surface area contributed by atoms with Gasteiger partial charge < -0.3 is 24.8 Å². The second-order valence-corrected chi connectivity index (χ2v) is 6.69. The molecule has 0 unspecified atom stereocenters. The third-order valence-electron chi connectivity index (χ3n) is 4.43. The molecule has 2 aromatic rings. The highest BCUT2D eigenvalue weighted by atomic mass is 16.6. The fourth-order valence-corrected chi connectivity index (χ4v) is 2.94. The Hall–Kier alpha value is -3.82. The Bertz CT molecular complexity index is 1000. The summed E-state index contributed by atoms with van der Waals surface area (Å²) in [4.78, 5) is 33.0. The Morgan fingerprint density at radius 2 is 1.71 bits per heavy atom. The van der Waals surface area contributed by atoms with E-state index in [0.717, 1.165) is 18.6 Å². The molecule has 0 spiro atoms. The maximum atomic E-state index is 11.6. The van der Waals surface area contributed by atoms with Crippen LogP contribution in [0.2, 0.25) is 0 Å². The highest BCUT2D eigenvalue weighted by Gasteiger charge is 2.22. The quantitative estimate of drug-likeness (QED) is 0.208. The minimum absolute atomic E-state index is 0.00663. The minimum Gasteiger partial charge on any atom is -0.507 e. The van der Waals surface area contributed by atoms with Crippen molar-refractivity contribution in [3.63, 3.8) is 0 Å². The van der Waals surface area contributed by atoms with Crippen LogP contribution in [0.3, 0.4) is 0 Å². The molecule has 0 aliphatic rings.